The van der Waals surface area contributed by atoms with Crippen LogP contribution < -0.4 is 0 Å². The van der Waals surface area contributed by atoms with Crippen LogP contribution in [0.2, 0.25) is 0 Å². The third kappa shape index (κ3) is 4.11. The number of carbonyl (C=O) groups excluding carboxylic acids is 2. The van der Waals surface area contributed by atoms with Crippen molar-refractivity contribution in [2.45, 2.75) is 52.2 Å². The van der Waals surface area contributed by atoms with E-state index in [-0.39, 0.29) is 17.5 Å². The van der Waals surface area contributed by atoms with Gasteiger partial charge in [-0.25, -0.2) is 0 Å². The van der Waals surface area contributed by atoms with Gasteiger partial charge in [0.15, 0.2) is 11.6 Å². The molecule has 0 spiro atoms. The molecule has 0 aromatic heterocycles. The van der Waals surface area contributed by atoms with Crippen molar-refractivity contribution in [2.24, 2.45) is 5.92 Å². The average molecular weight is 266 g/mol. The van der Waals surface area contributed by atoms with Gasteiger partial charge in [-0.05, 0) is 51.7 Å². The van der Waals surface area contributed by atoms with Gasteiger partial charge in [0.05, 0.1) is 11.7 Å². The minimum atomic E-state index is -1.16. The topological polar surface area (TPSA) is 74.6 Å². The Labute approximate surface area is 113 Å². The Morgan fingerprint density at radius 2 is 1.74 bits per heavy atom. The van der Waals surface area contributed by atoms with E-state index in [2.05, 4.69) is 0 Å². The smallest absolute Gasteiger partial charge is 0.182 e. The number of carbonyl (C=O) groups is 2. The maximum absolute atomic E-state index is 11.8. The second kappa shape index (κ2) is 5.80. The van der Waals surface area contributed by atoms with Gasteiger partial charge in [-0.3, -0.25) is 9.59 Å². The van der Waals surface area contributed by atoms with Crippen molar-refractivity contribution in [3.8, 4) is 0 Å². The summed E-state index contributed by atoms with van der Waals surface area (Å²) in [5.74, 6) is -0.385. The number of hydrogen-bond acceptors (Lipinski definition) is 4. The Balaban J connectivity index is 2.65. The first-order chi connectivity index (χ1) is 8.62. The summed E-state index contributed by atoms with van der Waals surface area (Å²) < 4.78 is 0. The summed E-state index contributed by atoms with van der Waals surface area (Å²) >= 11 is 0. The quantitative estimate of drug-likeness (QED) is 0.740. The van der Waals surface area contributed by atoms with Crippen LogP contribution in [-0.2, 0) is 9.59 Å². The maximum Gasteiger partial charge on any atom is 0.182 e. The molecular weight excluding hydrogens is 244 g/mol. The van der Waals surface area contributed by atoms with Crippen LogP contribution in [0.25, 0.3) is 0 Å². The van der Waals surface area contributed by atoms with E-state index in [1.54, 1.807) is 20.8 Å². The third-order valence-corrected chi connectivity index (χ3v) is 3.53. The van der Waals surface area contributed by atoms with Gasteiger partial charge in [-0.2, -0.15) is 0 Å². The summed E-state index contributed by atoms with van der Waals surface area (Å²) in [5, 5.41) is 19.4. The van der Waals surface area contributed by atoms with Crippen LogP contribution in [0, 0.1) is 5.92 Å². The fourth-order valence-electron chi connectivity index (χ4n) is 1.98. The standard InChI is InChI=1S/C15H22O4/c1-9(5-6-14(18)15(3,4)19)11-8-12(16)10(2)7-13(11)17/h7-9,14,18-19H,5-6H2,1-4H3/t9-,14-/m1/s1. The number of rotatable bonds is 5. The van der Waals surface area contributed by atoms with Gasteiger partial charge in [0.1, 0.15) is 0 Å². The molecule has 1 aliphatic carbocycles. The molecular formula is C15H22O4. The van der Waals surface area contributed by atoms with E-state index in [0.29, 0.717) is 24.0 Å². The number of ketones is 2. The van der Waals surface area contributed by atoms with Gasteiger partial charge in [0.25, 0.3) is 0 Å². The lowest BCUT2D eigenvalue weighted by atomic mass is 9.85. The van der Waals surface area contributed by atoms with Crippen molar-refractivity contribution in [1.29, 1.82) is 0 Å². The van der Waals surface area contributed by atoms with E-state index < -0.39 is 11.7 Å². The van der Waals surface area contributed by atoms with Crippen molar-refractivity contribution in [3.63, 3.8) is 0 Å². The lowest BCUT2D eigenvalue weighted by molar-refractivity contribution is -0.115. The van der Waals surface area contributed by atoms with Crippen LogP contribution in [0.4, 0.5) is 0 Å². The Bertz CT molecular complexity index is 438. The number of allylic oxidation sites excluding steroid dienone is 4. The van der Waals surface area contributed by atoms with Crippen LogP contribution in [0.15, 0.2) is 23.3 Å². The molecule has 0 bridgehead atoms. The monoisotopic (exact) mass is 266 g/mol. The third-order valence-electron chi connectivity index (χ3n) is 3.53. The number of aliphatic hydroxyl groups excluding tert-OH is 1. The molecule has 4 nitrogen and oxygen atoms in total. The molecule has 0 aliphatic heterocycles. The molecule has 1 aliphatic rings. The fraction of sp³-hybridized carbons (Fsp3) is 0.600. The van der Waals surface area contributed by atoms with Gasteiger partial charge in [-0.1, -0.05) is 6.92 Å². The van der Waals surface area contributed by atoms with E-state index >= 15 is 0 Å². The largest absolute Gasteiger partial charge is 0.390 e. The van der Waals surface area contributed by atoms with Gasteiger partial charge < -0.3 is 10.2 Å². The highest BCUT2D eigenvalue weighted by Gasteiger charge is 2.27. The Morgan fingerprint density at radius 1 is 1.16 bits per heavy atom. The van der Waals surface area contributed by atoms with Crippen LogP contribution >= 0.6 is 0 Å². The van der Waals surface area contributed by atoms with E-state index in [1.807, 2.05) is 6.92 Å². The van der Waals surface area contributed by atoms with Crippen LogP contribution in [-0.4, -0.2) is 33.5 Å². The van der Waals surface area contributed by atoms with Gasteiger partial charge in [-0.15, -0.1) is 0 Å². The molecule has 0 aromatic carbocycles. The molecule has 19 heavy (non-hydrogen) atoms. The molecule has 0 aromatic rings. The molecule has 0 saturated heterocycles. The molecule has 1 rings (SSSR count). The van der Waals surface area contributed by atoms with Crippen molar-refractivity contribution >= 4 is 11.6 Å². The molecule has 0 saturated carbocycles. The lowest BCUT2D eigenvalue weighted by Gasteiger charge is -2.26. The minimum absolute atomic E-state index is 0.113. The summed E-state index contributed by atoms with van der Waals surface area (Å²) in [6, 6.07) is 0. The van der Waals surface area contributed by atoms with Crippen molar-refractivity contribution < 1.29 is 19.8 Å². The lowest BCUT2D eigenvalue weighted by Crippen LogP contribution is -2.36. The van der Waals surface area contributed by atoms with E-state index in [9.17, 15) is 19.8 Å². The average Bonchev–Trinajstić information content (AvgIpc) is 2.29. The van der Waals surface area contributed by atoms with E-state index in [0.717, 1.165) is 0 Å². The van der Waals surface area contributed by atoms with Gasteiger partial charge in [0, 0.05) is 11.1 Å². The molecule has 0 heterocycles. The highest BCUT2D eigenvalue weighted by Crippen LogP contribution is 2.25. The molecule has 2 N–H and O–H groups in total. The first kappa shape index (κ1) is 15.8. The highest BCUT2D eigenvalue weighted by molar-refractivity contribution is 6.19. The molecule has 0 unspecified atom stereocenters. The zero-order chi connectivity index (χ0) is 14.8. The van der Waals surface area contributed by atoms with Crippen molar-refractivity contribution in [2.75, 3.05) is 0 Å². The summed E-state index contributed by atoms with van der Waals surface area (Å²) in [6.07, 6.45) is 2.83. The Kier molecular flexibility index (Phi) is 4.82. The van der Waals surface area contributed by atoms with Crippen LogP contribution in [0.1, 0.15) is 40.5 Å². The first-order valence-electron chi connectivity index (χ1n) is 6.52. The zero-order valence-corrected chi connectivity index (χ0v) is 11.9. The normalized spacial score (nSPS) is 19.9. The predicted octanol–water partition coefficient (Wildman–Crippen LogP) is 1.56. The highest BCUT2D eigenvalue weighted by atomic mass is 16.3. The van der Waals surface area contributed by atoms with Gasteiger partial charge >= 0.3 is 0 Å². The van der Waals surface area contributed by atoms with Crippen molar-refractivity contribution in [1.82, 2.24) is 0 Å². The fourth-order valence-corrected chi connectivity index (χ4v) is 1.98. The Morgan fingerprint density at radius 3 is 2.26 bits per heavy atom. The molecule has 0 amide bonds. The minimum Gasteiger partial charge on any atom is -0.390 e. The van der Waals surface area contributed by atoms with Crippen LogP contribution in [0.5, 0.6) is 0 Å². The van der Waals surface area contributed by atoms with Crippen molar-refractivity contribution in [3.05, 3.63) is 23.3 Å². The molecule has 0 radical (unpaired) electrons. The molecule has 2 atom stereocenters. The predicted molar refractivity (Wildman–Crippen MR) is 72.6 cm³/mol. The SMILES string of the molecule is CC1=CC(=O)C([C@H](C)CC[C@@H](O)C(C)(C)O)=CC1=O. The summed E-state index contributed by atoms with van der Waals surface area (Å²) in [4.78, 5) is 23.4. The Hall–Kier alpha value is -1.26. The van der Waals surface area contributed by atoms with E-state index in [4.69, 9.17) is 0 Å². The summed E-state index contributed by atoms with van der Waals surface area (Å²) in [5.41, 5.74) is -0.215. The molecule has 0 fully saturated rings. The second-order valence-electron chi connectivity index (χ2n) is 5.80. The van der Waals surface area contributed by atoms with E-state index in [1.165, 1.54) is 12.2 Å². The summed E-state index contributed by atoms with van der Waals surface area (Å²) in [6.45, 7) is 6.56. The van der Waals surface area contributed by atoms with Crippen LogP contribution in [0.3, 0.4) is 0 Å². The maximum atomic E-state index is 11.8. The van der Waals surface area contributed by atoms with Gasteiger partial charge in [0.2, 0.25) is 0 Å². The zero-order valence-electron chi connectivity index (χ0n) is 11.9. The number of hydrogen-bond donors (Lipinski definition) is 2. The molecule has 106 valence electrons. The summed E-state index contributed by atoms with van der Waals surface area (Å²) in [7, 11) is 0. The molecule has 4 heteroatoms. The number of aliphatic hydroxyl groups is 2. The first-order valence-corrected chi connectivity index (χ1v) is 6.52. The second-order valence-corrected chi connectivity index (χ2v) is 5.80.